The Hall–Kier alpha value is -2.73. The van der Waals surface area contributed by atoms with Crippen LogP contribution in [0.2, 0.25) is 0 Å². The lowest BCUT2D eigenvalue weighted by molar-refractivity contribution is 0.249. The topological polar surface area (TPSA) is 23.8 Å². The molecule has 0 unspecified atom stereocenters. The molecular formula is C34H41F2N. The van der Waals surface area contributed by atoms with Crippen LogP contribution in [-0.4, -0.2) is 0 Å². The monoisotopic (exact) mass is 501 g/mol. The van der Waals surface area contributed by atoms with Crippen molar-refractivity contribution < 1.29 is 8.78 Å². The van der Waals surface area contributed by atoms with Gasteiger partial charge < -0.3 is 0 Å². The standard InChI is InChI=1S/C34H41F2N/c1-2-3-4-5-6-7-25-8-10-26(11-9-25)12-13-27-16-21-32-30(22-27)20-19-29(34(32)36)17-14-28-15-18-31(24-37)33(35)23-28/h15-16,18-23,25-26H,2-14,17H2,1H3. The van der Waals surface area contributed by atoms with Gasteiger partial charge in [-0.2, -0.15) is 5.26 Å². The van der Waals surface area contributed by atoms with Gasteiger partial charge in [0.2, 0.25) is 0 Å². The number of fused-ring (bicyclic) bond motifs is 1. The van der Waals surface area contributed by atoms with Crippen molar-refractivity contribution in [3.05, 3.63) is 82.4 Å². The lowest BCUT2D eigenvalue weighted by Crippen LogP contribution is -2.15. The van der Waals surface area contributed by atoms with E-state index < -0.39 is 5.82 Å². The zero-order valence-electron chi connectivity index (χ0n) is 22.4. The van der Waals surface area contributed by atoms with E-state index in [0.29, 0.717) is 23.8 Å². The summed E-state index contributed by atoms with van der Waals surface area (Å²) in [6.45, 7) is 2.28. The van der Waals surface area contributed by atoms with Gasteiger partial charge in [-0.05, 0) is 71.7 Å². The molecule has 0 amide bonds. The zero-order chi connectivity index (χ0) is 26.0. The Morgan fingerprint density at radius 2 is 1.46 bits per heavy atom. The molecule has 196 valence electrons. The van der Waals surface area contributed by atoms with Crippen LogP contribution in [0.15, 0.2) is 48.5 Å². The second kappa shape index (κ2) is 13.7. The van der Waals surface area contributed by atoms with Crippen LogP contribution in [0.5, 0.6) is 0 Å². The highest BCUT2D eigenvalue weighted by molar-refractivity contribution is 5.84. The van der Waals surface area contributed by atoms with E-state index in [1.54, 1.807) is 6.07 Å². The van der Waals surface area contributed by atoms with Crippen LogP contribution < -0.4 is 0 Å². The smallest absolute Gasteiger partial charge is 0.141 e. The Kier molecular flexibility index (Phi) is 10.1. The Balaban J connectivity index is 1.26. The minimum atomic E-state index is -0.516. The van der Waals surface area contributed by atoms with Crippen molar-refractivity contribution in [3.63, 3.8) is 0 Å². The summed E-state index contributed by atoms with van der Waals surface area (Å²) in [4.78, 5) is 0. The van der Waals surface area contributed by atoms with Gasteiger partial charge >= 0.3 is 0 Å². The lowest BCUT2D eigenvalue weighted by atomic mass is 9.77. The molecule has 0 saturated heterocycles. The maximum absolute atomic E-state index is 15.2. The SMILES string of the molecule is CCCCCCCC1CCC(CCc2ccc3c(F)c(CCc4ccc(C#N)c(F)c4)ccc3c2)CC1. The second-order valence-electron chi connectivity index (χ2n) is 11.1. The Bertz CT molecular complexity index is 1200. The maximum atomic E-state index is 15.2. The van der Waals surface area contributed by atoms with Gasteiger partial charge in [0.15, 0.2) is 0 Å². The number of nitriles is 1. The largest absolute Gasteiger partial charge is 0.206 e. The molecule has 0 radical (unpaired) electrons. The quantitative estimate of drug-likeness (QED) is 0.227. The minimum Gasteiger partial charge on any atom is -0.206 e. The van der Waals surface area contributed by atoms with Gasteiger partial charge in [0.05, 0.1) is 5.56 Å². The molecule has 0 aliphatic heterocycles. The molecule has 0 aromatic heterocycles. The molecule has 3 aromatic rings. The molecule has 1 aliphatic carbocycles. The van der Waals surface area contributed by atoms with Gasteiger partial charge in [0, 0.05) is 5.39 Å². The van der Waals surface area contributed by atoms with Crippen LogP contribution in [0.4, 0.5) is 8.78 Å². The van der Waals surface area contributed by atoms with Crippen molar-refractivity contribution in [1.82, 2.24) is 0 Å². The molecule has 1 fully saturated rings. The van der Waals surface area contributed by atoms with E-state index in [1.165, 1.54) is 88.3 Å². The van der Waals surface area contributed by atoms with Crippen molar-refractivity contribution in [1.29, 1.82) is 5.26 Å². The van der Waals surface area contributed by atoms with E-state index in [4.69, 9.17) is 5.26 Å². The molecule has 3 heteroatoms. The number of hydrogen-bond donors (Lipinski definition) is 0. The molecule has 1 saturated carbocycles. The molecule has 0 atom stereocenters. The van der Waals surface area contributed by atoms with Gasteiger partial charge in [0.25, 0.3) is 0 Å². The fourth-order valence-corrected chi connectivity index (χ4v) is 6.04. The number of benzene rings is 3. The predicted octanol–water partition coefficient (Wildman–Crippen LogP) is 9.87. The number of unbranched alkanes of at least 4 members (excludes halogenated alkanes) is 4. The summed E-state index contributed by atoms with van der Waals surface area (Å²) >= 11 is 0. The van der Waals surface area contributed by atoms with E-state index in [2.05, 4.69) is 19.1 Å². The van der Waals surface area contributed by atoms with Crippen molar-refractivity contribution in [2.24, 2.45) is 11.8 Å². The van der Waals surface area contributed by atoms with E-state index in [-0.39, 0.29) is 11.4 Å². The Labute approximate surface area is 221 Å². The van der Waals surface area contributed by atoms with Gasteiger partial charge in [-0.25, -0.2) is 8.78 Å². The predicted molar refractivity (Wildman–Crippen MR) is 150 cm³/mol. The van der Waals surface area contributed by atoms with Crippen LogP contribution in [0.3, 0.4) is 0 Å². The van der Waals surface area contributed by atoms with Crippen LogP contribution in [0.25, 0.3) is 10.8 Å². The van der Waals surface area contributed by atoms with Gasteiger partial charge in [-0.3, -0.25) is 0 Å². The molecule has 37 heavy (non-hydrogen) atoms. The third kappa shape index (κ3) is 7.64. The first-order valence-electron chi connectivity index (χ1n) is 14.5. The lowest BCUT2D eigenvalue weighted by Gasteiger charge is -2.28. The van der Waals surface area contributed by atoms with Gasteiger partial charge in [0.1, 0.15) is 17.7 Å². The van der Waals surface area contributed by atoms with Crippen LogP contribution in [0.1, 0.15) is 99.8 Å². The zero-order valence-corrected chi connectivity index (χ0v) is 22.4. The van der Waals surface area contributed by atoms with Gasteiger partial charge in [-0.1, -0.05) is 108 Å². The summed E-state index contributed by atoms with van der Waals surface area (Å²) in [5.41, 5.74) is 2.75. The molecule has 0 bridgehead atoms. The number of aryl methyl sites for hydroxylation is 3. The second-order valence-corrected chi connectivity index (χ2v) is 11.1. The highest BCUT2D eigenvalue weighted by Crippen LogP contribution is 2.34. The van der Waals surface area contributed by atoms with Crippen molar-refractivity contribution in [2.75, 3.05) is 0 Å². The normalized spacial score (nSPS) is 17.7. The molecule has 1 nitrogen and oxygen atoms in total. The van der Waals surface area contributed by atoms with E-state index in [1.807, 2.05) is 24.3 Å². The fourth-order valence-electron chi connectivity index (χ4n) is 6.04. The van der Waals surface area contributed by atoms with Crippen molar-refractivity contribution in [3.8, 4) is 6.07 Å². The minimum absolute atomic E-state index is 0.0392. The van der Waals surface area contributed by atoms with Crippen molar-refractivity contribution in [2.45, 2.75) is 96.8 Å². The molecule has 1 aliphatic rings. The van der Waals surface area contributed by atoms with E-state index in [9.17, 15) is 4.39 Å². The molecule has 0 spiro atoms. The van der Waals surface area contributed by atoms with Crippen molar-refractivity contribution >= 4 is 10.8 Å². The Morgan fingerprint density at radius 3 is 2.19 bits per heavy atom. The number of halogens is 2. The summed E-state index contributed by atoms with van der Waals surface area (Å²) in [6, 6.07) is 16.5. The maximum Gasteiger partial charge on any atom is 0.141 e. The van der Waals surface area contributed by atoms with Crippen LogP contribution in [-0.2, 0) is 19.3 Å². The molecule has 4 rings (SSSR count). The first-order valence-corrected chi connectivity index (χ1v) is 14.5. The first kappa shape index (κ1) is 27.3. The number of rotatable bonds is 12. The van der Waals surface area contributed by atoms with Crippen LogP contribution in [0, 0.1) is 34.8 Å². The molecular weight excluding hydrogens is 460 g/mol. The highest BCUT2D eigenvalue weighted by atomic mass is 19.1. The number of hydrogen-bond acceptors (Lipinski definition) is 1. The Morgan fingerprint density at radius 1 is 0.757 bits per heavy atom. The summed E-state index contributed by atoms with van der Waals surface area (Å²) in [7, 11) is 0. The summed E-state index contributed by atoms with van der Waals surface area (Å²) in [5.74, 6) is 1.09. The molecule has 0 N–H and O–H groups in total. The highest BCUT2D eigenvalue weighted by Gasteiger charge is 2.20. The summed E-state index contributed by atoms with van der Waals surface area (Å²) in [6.07, 6.45) is 17.2. The molecule has 3 aromatic carbocycles. The third-order valence-corrected chi connectivity index (χ3v) is 8.46. The summed E-state index contributed by atoms with van der Waals surface area (Å²) in [5, 5.41) is 10.5. The number of nitrogens with zero attached hydrogens (tertiary/aromatic N) is 1. The fraction of sp³-hybridized carbons (Fsp3) is 0.500. The van der Waals surface area contributed by atoms with Gasteiger partial charge in [-0.15, -0.1) is 0 Å². The van der Waals surface area contributed by atoms with Crippen LogP contribution >= 0.6 is 0 Å². The molecule has 0 heterocycles. The average Bonchev–Trinajstić information content (AvgIpc) is 2.92. The first-order chi connectivity index (χ1) is 18.1. The van der Waals surface area contributed by atoms with E-state index >= 15 is 4.39 Å². The summed E-state index contributed by atoms with van der Waals surface area (Å²) < 4.78 is 29.1. The third-order valence-electron chi connectivity index (χ3n) is 8.46. The van der Waals surface area contributed by atoms with E-state index in [0.717, 1.165) is 29.2 Å². The average molecular weight is 502 g/mol.